The molecule has 2 N–H and O–H groups in total. The molecule has 1 fully saturated rings. The minimum Gasteiger partial charge on any atom is -0.463 e. The Morgan fingerprint density at radius 1 is 1.26 bits per heavy atom. The van der Waals surface area contributed by atoms with Crippen molar-refractivity contribution in [2.24, 2.45) is 5.92 Å². The predicted molar refractivity (Wildman–Crippen MR) is 73.7 cm³/mol. The zero-order valence-electron chi connectivity index (χ0n) is 12.0. The highest BCUT2D eigenvalue weighted by Crippen LogP contribution is 2.17. The van der Waals surface area contributed by atoms with Gasteiger partial charge in [0.25, 0.3) is 0 Å². The molecule has 0 saturated carbocycles. The van der Waals surface area contributed by atoms with Gasteiger partial charge in [-0.2, -0.15) is 0 Å². The topological polar surface area (TPSA) is 67.4 Å². The molecule has 110 valence electrons. The van der Waals surface area contributed by atoms with Crippen molar-refractivity contribution >= 4 is 11.9 Å². The first-order valence-corrected chi connectivity index (χ1v) is 7.25. The van der Waals surface area contributed by atoms with Gasteiger partial charge in [-0.1, -0.05) is 0 Å². The molecule has 0 aromatic heterocycles. The van der Waals surface area contributed by atoms with E-state index in [1.807, 2.05) is 13.8 Å². The van der Waals surface area contributed by atoms with E-state index in [4.69, 9.17) is 4.74 Å². The molecule has 0 spiro atoms. The highest BCUT2D eigenvalue weighted by molar-refractivity contribution is 5.77. The van der Waals surface area contributed by atoms with Gasteiger partial charge in [-0.25, -0.2) is 0 Å². The summed E-state index contributed by atoms with van der Waals surface area (Å²) in [6.07, 6.45) is 3.98. The maximum absolute atomic E-state index is 11.6. The van der Waals surface area contributed by atoms with Crippen LogP contribution in [0.4, 0.5) is 0 Å². The van der Waals surface area contributed by atoms with Gasteiger partial charge < -0.3 is 15.4 Å². The quantitative estimate of drug-likeness (QED) is 0.683. The van der Waals surface area contributed by atoms with Crippen LogP contribution in [-0.4, -0.2) is 37.6 Å². The summed E-state index contributed by atoms with van der Waals surface area (Å²) in [6.45, 7) is 6.13. The first-order chi connectivity index (χ1) is 9.08. The summed E-state index contributed by atoms with van der Waals surface area (Å²) in [6, 6.07) is 0. The van der Waals surface area contributed by atoms with Gasteiger partial charge in [0, 0.05) is 13.0 Å². The predicted octanol–water partition coefficient (Wildman–Crippen LogP) is 1.22. The molecule has 5 heteroatoms. The Bertz CT molecular complexity index is 286. The van der Waals surface area contributed by atoms with Gasteiger partial charge >= 0.3 is 5.97 Å². The first-order valence-electron chi connectivity index (χ1n) is 7.25. The van der Waals surface area contributed by atoms with Crippen LogP contribution in [0.5, 0.6) is 0 Å². The Labute approximate surface area is 115 Å². The molecular formula is C14H26N2O3. The second kappa shape index (κ2) is 8.91. The molecule has 0 aromatic carbocycles. The SMILES string of the molecule is CC(C)OC(=O)CCNC(=O)CCC1CCNCC1. The van der Waals surface area contributed by atoms with E-state index in [9.17, 15) is 9.59 Å². The van der Waals surface area contributed by atoms with Crippen molar-refractivity contribution in [3.8, 4) is 0 Å². The Hall–Kier alpha value is -1.10. The largest absolute Gasteiger partial charge is 0.463 e. The van der Waals surface area contributed by atoms with E-state index in [0.717, 1.165) is 32.4 Å². The fourth-order valence-electron chi connectivity index (χ4n) is 2.22. The zero-order valence-corrected chi connectivity index (χ0v) is 12.0. The molecule has 0 atom stereocenters. The van der Waals surface area contributed by atoms with E-state index in [0.29, 0.717) is 18.9 Å². The van der Waals surface area contributed by atoms with Crippen molar-refractivity contribution in [1.29, 1.82) is 0 Å². The molecule has 1 rings (SSSR count). The van der Waals surface area contributed by atoms with Gasteiger partial charge in [0.2, 0.25) is 5.91 Å². The number of carbonyl (C=O) groups excluding carboxylic acids is 2. The number of esters is 1. The number of carbonyl (C=O) groups is 2. The van der Waals surface area contributed by atoms with Gasteiger partial charge in [-0.3, -0.25) is 9.59 Å². The van der Waals surface area contributed by atoms with E-state index < -0.39 is 0 Å². The van der Waals surface area contributed by atoms with Crippen LogP contribution in [0.3, 0.4) is 0 Å². The van der Waals surface area contributed by atoms with Crippen LogP contribution in [0.1, 0.15) is 46.0 Å². The van der Waals surface area contributed by atoms with Crippen LogP contribution in [0.15, 0.2) is 0 Å². The molecule has 1 heterocycles. The molecule has 0 radical (unpaired) electrons. The van der Waals surface area contributed by atoms with Crippen LogP contribution < -0.4 is 10.6 Å². The van der Waals surface area contributed by atoms with Crippen LogP contribution in [0.2, 0.25) is 0 Å². The summed E-state index contributed by atoms with van der Waals surface area (Å²) in [7, 11) is 0. The molecule has 1 aliphatic heterocycles. The van der Waals surface area contributed by atoms with Gasteiger partial charge in [0.05, 0.1) is 12.5 Å². The summed E-state index contributed by atoms with van der Waals surface area (Å²) in [5.74, 6) is 0.447. The molecule has 0 aromatic rings. The van der Waals surface area contributed by atoms with Crippen LogP contribution >= 0.6 is 0 Å². The summed E-state index contributed by atoms with van der Waals surface area (Å²) in [5, 5.41) is 6.08. The average molecular weight is 270 g/mol. The lowest BCUT2D eigenvalue weighted by Crippen LogP contribution is -2.30. The minimum absolute atomic E-state index is 0.0379. The monoisotopic (exact) mass is 270 g/mol. The number of hydrogen-bond donors (Lipinski definition) is 2. The van der Waals surface area contributed by atoms with Gasteiger partial charge in [0.1, 0.15) is 0 Å². The minimum atomic E-state index is -0.256. The van der Waals surface area contributed by atoms with Gasteiger partial charge in [-0.15, -0.1) is 0 Å². The highest BCUT2D eigenvalue weighted by atomic mass is 16.5. The van der Waals surface area contributed by atoms with E-state index in [1.54, 1.807) is 0 Å². The van der Waals surface area contributed by atoms with Crippen molar-refractivity contribution in [3.05, 3.63) is 0 Å². The molecular weight excluding hydrogens is 244 g/mol. The van der Waals surface area contributed by atoms with Crippen LogP contribution in [0, 0.1) is 5.92 Å². The molecule has 0 aliphatic carbocycles. The van der Waals surface area contributed by atoms with Crippen molar-refractivity contribution in [2.75, 3.05) is 19.6 Å². The van der Waals surface area contributed by atoms with E-state index in [-0.39, 0.29) is 24.4 Å². The maximum Gasteiger partial charge on any atom is 0.307 e. The number of ether oxygens (including phenoxy) is 1. The first kappa shape index (κ1) is 16.0. The number of rotatable bonds is 7. The molecule has 1 amide bonds. The van der Waals surface area contributed by atoms with E-state index in [1.165, 1.54) is 0 Å². The van der Waals surface area contributed by atoms with Crippen LogP contribution in [0.25, 0.3) is 0 Å². The molecule has 1 aliphatic rings. The second-order valence-corrected chi connectivity index (χ2v) is 5.37. The normalized spacial score (nSPS) is 16.4. The molecule has 5 nitrogen and oxygen atoms in total. The van der Waals surface area contributed by atoms with Crippen molar-refractivity contribution < 1.29 is 14.3 Å². The average Bonchev–Trinajstić information content (AvgIpc) is 2.36. The number of amides is 1. The van der Waals surface area contributed by atoms with E-state index in [2.05, 4.69) is 10.6 Å². The van der Waals surface area contributed by atoms with Crippen molar-refractivity contribution in [3.63, 3.8) is 0 Å². The Kier molecular flexibility index (Phi) is 7.48. The van der Waals surface area contributed by atoms with Gasteiger partial charge in [-0.05, 0) is 52.1 Å². The number of nitrogens with one attached hydrogen (secondary N) is 2. The van der Waals surface area contributed by atoms with E-state index >= 15 is 0 Å². The van der Waals surface area contributed by atoms with Crippen LogP contribution in [-0.2, 0) is 14.3 Å². The number of hydrogen-bond acceptors (Lipinski definition) is 4. The third-order valence-corrected chi connectivity index (χ3v) is 3.26. The fraction of sp³-hybridized carbons (Fsp3) is 0.857. The summed E-state index contributed by atoms with van der Waals surface area (Å²) < 4.78 is 4.99. The third-order valence-electron chi connectivity index (χ3n) is 3.26. The molecule has 1 saturated heterocycles. The molecule has 19 heavy (non-hydrogen) atoms. The van der Waals surface area contributed by atoms with Crippen molar-refractivity contribution in [1.82, 2.24) is 10.6 Å². The Morgan fingerprint density at radius 3 is 2.58 bits per heavy atom. The standard InChI is InChI=1S/C14H26N2O3/c1-11(2)19-14(18)7-10-16-13(17)4-3-12-5-8-15-9-6-12/h11-12,15H,3-10H2,1-2H3,(H,16,17). The zero-order chi connectivity index (χ0) is 14.1. The Morgan fingerprint density at radius 2 is 1.95 bits per heavy atom. The van der Waals surface area contributed by atoms with Crippen molar-refractivity contribution in [2.45, 2.75) is 52.1 Å². The summed E-state index contributed by atoms with van der Waals surface area (Å²) >= 11 is 0. The smallest absolute Gasteiger partial charge is 0.307 e. The summed E-state index contributed by atoms with van der Waals surface area (Å²) in [4.78, 5) is 22.9. The molecule has 0 unspecified atom stereocenters. The number of piperidine rings is 1. The lowest BCUT2D eigenvalue weighted by molar-refractivity contribution is -0.147. The lowest BCUT2D eigenvalue weighted by Gasteiger charge is -2.22. The lowest BCUT2D eigenvalue weighted by atomic mass is 9.93. The summed E-state index contributed by atoms with van der Waals surface area (Å²) in [5.41, 5.74) is 0. The third kappa shape index (κ3) is 7.82. The highest BCUT2D eigenvalue weighted by Gasteiger charge is 2.14. The fourth-order valence-corrected chi connectivity index (χ4v) is 2.22. The second-order valence-electron chi connectivity index (χ2n) is 5.37. The van der Waals surface area contributed by atoms with Gasteiger partial charge in [0.15, 0.2) is 0 Å². The molecule has 0 bridgehead atoms. The Balaban J connectivity index is 2.02. The maximum atomic E-state index is 11.6.